The third-order valence-corrected chi connectivity index (χ3v) is 6.10. The van der Waals surface area contributed by atoms with Gasteiger partial charge in [-0.15, -0.1) is 0 Å². The lowest BCUT2D eigenvalue weighted by Crippen LogP contribution is -2.11. The molecule has 0 aliphatic rings. The van der Waals surface area contributed by atoms with Crippen LogP contribution in [-0.2, 0) is 16.1 Å². The Labute approximate surface area is 213 Å². The Hall–Kier alpha value is -2.74. The Morgan fingerprint density at radius 2 is 1.60 bits per heavy atom. The summed E-state index contributed by atoms with van der Waals surface area (Å²) >= 11 is 4.22. The van der Waals surface area contributed by atoms with E-state index in [1.54, 1.807) is 6.92 Å². The first-order valence-corrected chi connectivity index (χ1v) is 12.9. The molecule has 0 aliphatic heterocycles. The van der Waals surface area contributed by atoms with Crippen molar-refractivity contribution in [3.63, 3.8) is 0 Å². The minimum atomic E-state index is -0.785. The maximum Gasteiger partial charge on any atom is 0.306 e. The second kappa shape index (κ2) is 16.0. The quantitative estimate of drug-likeness (QED) is 0.0805. The zero-order valence-corrected chi connectivity index (χ0v) is 21.6. The molecule has 7 nitrogen and oxygen atoms in total. The zero-order chi connectivity index (χ0) is 25.5. The van der Waals surface area contributed by atoms with Crippen molar-refractivity contribution in [2.75, 3.05) is 12.9 Å². The molecule has 2 aromatic carbocycles. The molecule has 0 aromatic heterocycles. The number of methoxy groups -OCH3 is 1. The normalized spacial score (nSPS) is 11.6. The predicted molar refractivity (Wildman–Crippen MR) is 140 cm³/mol. The molecule has 0 aliphatic carbocycles. The van der Waals surface area contributed by atoms with Crippen LogP contribution in [0.3, 0.4) is 0 Å². The summed E-state index contributed by atoms with van der Waals surface area (Å²) in [6, 6.07) is 12.3. The fourth-order valence-corrected chi connectivity index (χ4v) is 4.04. The van der Waals surface area contributed by atoms with E-state index in [0.717, 1.165) is 30.6 Å². The summed E-state index contributed by atoms with van der Waals surface area (Å²) in [6.07, 6.45) is 8.34. The molecule has 0 radical (unpaired) electrons. The Morgan fingerprint density at radius 3 is 2.20 bits per heavy atom. The minimum Gasteiger partial charge on any atom is -0.493 e. The molecule has 35 heavy (non-hydrogen) atoms. The third-order valence-electron chi connectivity index (χ3n) is 5.78. The van der Waals surface area contributed by atoms with E-state index in [1.807, 2.05) is 30.3 Å². The highest BCUT2D eigenvalue weighted by Crippen LogP contribution is 2.39. The van der Waals surface area contributed by atoms with Gasteiger partial charge in [0.05, 0.1) is 23.7 Å². The number of esters is 1. The van der Waals surface area contributed by atoms with E-state index in [1.165, 1.54) is 51.3 Å². The van der Waals surface area contributed by atoms with Gasteiger partial charge in [0.2, 0.25) is 0 Å². The summed E-state index contributed by atoms with van der Waals surface area (Å²) in [6.45, 7) is 1.88. The molecule has 2 aromatic rings. The number of nitro groups is 1. The van der Waals surface area contributed by atoms with Crippen LogP contribution in [0.25, 0.3) is 0 Å². The largest absolute Gasteiger partial charge is 0.493 e. The zero-order valence-electron chi connectivity index (χ0n) is 20.7. The molecular formula is C27H37NO6S. The minimum absolute atomic E-state index is 0.174. The van der Waals surface area contributed by atoms with E-state index in [4.69, 9.17) is 14.2 Å². The van der Waals surface area contributed by atoms with Gasteiger partial charge in [0.25, 0.3) is 5.69 Å². The van der Waals surface area contributed by atoms with Gasteiger partial charge in [0.15, 0.2) is 11.5 Å². The van der Waals surface area contributed by atoms with Crippen LogP contribution in [0.5, 0.6) is 11.5 Å². The second-order valence-electron chi connectivity index (χ2n) is 8.53. The molecule has 8 heteroatoms. The van der Waals surface area contributed by atoms with Gasteiger partial charge in [-0.1, -0.05) is 68.9 Å². The average molecular weight is 504 g/mol. The van der Waals surface area contributed by atoms with Gasteiger partial charge in [-0.2, -0.15) is 12.6 Å². The van der Waals surface area contributed by atoms with Crippen molar-refractivity contribution in [1.29, 1.82) is 0 Å². The molecule has 1 atom stereocenters. The fourth-order valence-electron chi connectivity index (χ4n) is 3.82. The van der Waals surface area contributed by atoms with Gasteiger partial charge >= 0.3 is 5.97 Å². The van der Waals surface area contributed by atoms with Crippen LogP contribution in [0.2, 0.25) is 0 Å². The highest BCUT2D eigenvalue weighted by molar-refractivity contribution is 7.80. The van der Waals surface area contributed by atoms with E-state index in [-0.39, 0.29) is 29.6 Å². The van der Waals surface area contributed by atoms with Crippen molar-refractivity contribution >= 4 is 24.3 Å². The Morgan fingerprint density at radius 1 is 0.971 bits per heavy atom. The van der Waals surface area contributed by atoms with Crippen molar-refractivity contribution < 1.29 is 23.9 Å². The monoisotopic (exact) mass is 503 g/mol. The number of ether oxygens (including phenoxy) is 3. The predicted octanol–water partition coefficient (Wildman–Crippen LogP) is 7.23. The summed E-state index contributed by atoms with van der Waals surface area (Å²) in [4.78, 5) is 23.6. The maximum atomic E-state index is 12.3. The van der Waals surface area contributed by atoms with Crippen LogP contribution < -0.4 is 9.47 Å². The van der Waals surface area contributed by atoms with Gasteiger partial charge in [0, 0.05) is 6.42 Å². The Bertz CT molecular complexity index is 921. The number of nitrogens with zero attached hydrogens (tertiary/aromatic N) is 1. The van der Waals surface area contributed by atoms with Crippen molar-refractivity contribution in [2.45, 2.75) is 77.4 Å². The Kier molecular flexibility index (Phi) is 13.0. The summed E-state index contributed by atoms with van der Waals surface area (Å²) in [7, 11) is 1.47. The average Bonchev–Trinajstić information content (AvgIpc) is 2.86. The fraction of sp³-hybridized carbons (Fsp3) is 0.519. The maximum absolute atomic E-state index is 12.3. The number of hydrogen-bond acceptors (Lipinski definition) is 7. The number of carbonyl (C=O) groups is 1. The van der Waals surface area contributed by atoms with E-state index in [9.17, 15) is 14.9 Å². The highest BCUT2D eigenvalue weighted by Gasteiger charge is 2.26. The van der Waals surface area contributed by atoms with Crippen LogP contribution in [0, 0.1) is 10.1 Å². The van der Waals surface area contributed by atoms with Gasteiger partial charge in [0.1, 0.15) is 12.7 Å². The van der Waals surface area contributed by atoms with E-state index in [0.29, 0.717) is 12.2 Å². The standard InChI is InChI=1S/C27H37NO6S/c1-21(34-27(29)16-12-7-5-3-4-6-8-13-17-35)23-18-25(32-2)26(19-24(23)28(30)31)33-20-22-14-10-9-11-15-22/h9-11,14-15,18-19,21,35H,3-8,12-13,16-17,20H2,1-2H3. The summed E-state index contributed by atoms with van der Waals surface area (Å²) in [5.74, 6) is 1.20. The number of carbonyl (C=O) groups excluding carboxylic acids is 1. The van der Waals surface area contributed by atoms with Crippen molar-refractivity contribution in [3.05, 3.63) is 63.7 Å². The smallest absolute Gasteiger partial charge is 0.306 e. The van der Waals surface area contributed by atoms with E-state index >= 15 is 0 Å². The molecular weight excluding hydrogens is 466 g/mol. The first-order chi connectivity index (χ1) is 17.0. The molecule has 1 unspecified atom stereocenters. The summed E-state index contributed by atoms with van der Waals surface area (Å²) in [5.41, 5.74) is 1.03. The third kappa shape index (κ3) is 10.2. The lowest BCUT2D eigenvalue weighted by molar-refractivity contribution is -0.386. The van der Waals surface area contributed by atoms with Gasteiger partial charge in [-0.05, 0) is 37.1 Å². The first kappa shape index (κ1) is 28.5. The molecule has 0 amide bonds. The van der Waals surface area contributed by atoms with Gasteiger partial charge in [-0.25, -0.2) is 0 Å². The van der Waals surface area contributed by atoms with E-state index in [2.05, 4.69) is 12.6 Å². The van der Waals surface area contributed by atoms with Crippen molar-refractivity contribution in [2.24, 2.45) is 0 Å². The number of nitro benzene ring substituents is 1. The molecule has 0 spiro atoms. The Balaban J connectivity index is 1.91. The van der Waals surface area contributed by atoms with Crippen LogP contribution in [0.1, 0.15) is 81.9 Å². The topological polar surface area (TPSA) is 87.9 Å². The van der Waals surface area contributed by atoms with Crippen molar-refractivity contribution in [3.8, 4) is 11.5 Å². The van der Waals surface area contributed by atoms with Crippen LogP contribution in [0.4, 0.5) is 5.69 Å². The molecule has 0 fully saturated rings. The second-order valence-corrected chi connectivity index (χ2v) is 8.97. The molecule has 2 rings (SSSR count). The number of hydrogen-bond donors (Lipinski definition) is 1. The molecule has 0 bridgehead atoms. The van der Waals surface area contributed by atoms with Crippen LogP contribution >= 0.6 is 12.6 Å². The molecule has 0 saturated heterocycles. The molecule has 0 saturated carbocycles. The summed E-state index contributed by atoms with van der Waals surface area (Å²) in [5, 5.41) is 11.8. The van der Waals surface area contributed by atoms with Crippen LogP contribution in [0.15, 0.2) is 42.5 Å². The lowest BCUT2D eigenvalue weighted by Gasteiger charge is -2.17. The highest BCUT2D eigenvalue weighted by atomic mass is 32.1. The van der Waals surface area contributed by atoms with E-state index < -0.39 is 11.0 Å². The SMILES string of the molecule is COc1cc(C(C)OC(=O)CCCCCCCCCCS)c([N+](=O)[O-])cc1OCc1ccccc1. The van der Waals surface area contributed by atoms with Crippen LogP contribution in [-0.4, -0.2) is 23.8 Å². The molecule has 192 valence electrons. The lowest BCUT2D eigenvalue weighted by atomic mass is 10.1. The number of thiol groups is 1. The van der Waals surface area contributed by atoms with Crippen molar-refractivity contribution in [1.82, 2.24) is 0 Å². The summed E-state index contributed by atoms with van der Waals surface area (Å²) < 4.78 is 16.7. The number of unbranched alkanes of at least 4 members (excludes halogenated alkanes) is 7. The van der Waals surface area contributed by atoms with Gasteiger partial charge in [-0.3, -0.25) is 14.9 Å². The first-order valence-electron chi connectivity index (χ1n) is 12.3. The van der Waals surface area contributed by atoms with Gasteiger partial charge < -0.3 is 14.2 Å². The molecule has 0 heterocycles. The number of rotatable bonds is 17. The molecule has 0 N–H and O–H groups in total. The number of benzene rings is 2.